The molecule has 1 aliphatic rings. The van der Waals surface area contributed by atoms with Crippen LogP contribution in [0.15, 0.2) is 54.6 Å². The van der Waals surface area contributed by atoms with E-state index in [0.29, 0.717) is 16.7 Å². The number of esters is 1. The number of hydrogen-bond donors (Lipinski definition) is 0. The lowest BCUT2D eigenvalue weighted by Crippen LogP contribution is -2.35. The number of carbonyl (C=O) groups is 3. The average molecular weight is 358 g/mol. The molecule has 5 nitrogen and oxygen atoms in total. The van der Waals surface area contributed by atoms with Gasteiger partial charge in [-0.25, -0.2) is 0 Å². The molecular weight excluding hydrogens is 342 g/mol. The van der Waals surface area contributed by atoms with Gasteiger partial charge in [0.05, 0.1) is 29.5 Å². The fourth-order valence-corrected chi connectivity index (χ4v) is 2.97. The summed E-state index contributed by atoms with van der Waals surface area (Å²) in [5, 5.41) is 0. The van der Waals surface area contributed by atoms with Crippen molar-refractivity contribution in [3.8, 4) is 0 Å². The molecule has 0 fully saturated rings. The molecule has 2 aromatic carbocycles. The summed E-state index contributed by atoms with van der Waals surface area (Å²) in [4.78, 5) is 38.7. The van der Waals surface area contributed by atoms with E-state index < -0.39 is 23.8 Å². The van der Waals surface area contributed by atoms with Crippen LogP contribution in [-0.4, -0.2) is 35.2 Å². The van der Waals surface area contributed by atoms with Gasteiger partial charge in [-0.1, -0.05) is 42.5 Å². The molecule has 0 bridgehead atoms. The molecule has 25 heavy (non-hydrogen) atoms. The van der Waals surface area contributed by atoms with Crippen molar-refractivity contribution in [2.45, 2.75) is 12.5 Å². The van der Waals surface area contributed by atoms with Crippen LogP contribution in [0.1, 0.15) is 38.7 Å². The van der Waals surface area contributed by atoms with Crippen molar-refractivity contribution in [2.24, 2.45) is 0 Å². The molecule has 3 rings (SSSR count). The quantitative estimate of drug-likeness (QED) is 0.452. The molecule has 2 aromatic rings. The largest absolute Gasteiger partial charge is 0.464 e. The number of alkyl halides is 1. The Balaban J connectivity index is 1.94. The van der Waals surface area contributed by atoms with Crippen LogP contribution in [0.25, 0.3) is 0 Å². The van der Waals surface area contributed by atoms with Crippen LogP contribution in [0.4, 0.5) is 0 Å². The minimum atomic E-state index is -0.726. The van der Waals surface area contributed by atoms with E-state index in [1.54, 1.807) is 48.5 Å². The number of nitrogens with zero attached hydrogens (tertiary/aromatic N) is 1. The van der Waals surface area contributed by atoms with Crippen molar-refractivity contribution < 1.29 is 19.1 Å². The normalized spacial score (nSPS) is 14.4. The van der Waals surface area contributed by atoms with Gasteiger partial charge in [-0.05, 0) is 17.7 Å². The molecule has 0 saturated carbocycles. The molecule has 0 aliphatic carbocycles. The third kappa shape index (κ3) is 3.42. The minimum Gasteiger partial charge on any atom is -0.464 e. The van der Waals surface area contributed by atoms with Crippen LogP contribution in [0.5, 0.6) is 0 Å². The van der Waals surface area contributed by atoms with Gasteiger partial charge in [-0.15, -0.1) is 11.6 Å². The number of benzene rings is 2. The first kappa shape index (κ1) is 17.2. The summed E-state index contributed by atoms with van der Waals surface area (Å²) < 4.78 is 5.03. The Labute approximate surface area is 150 Å². The maximum Gasteiger partial charge on any atom is 0.308 e. The van der Waals surface area contributed by atoms with Gasteiger partial charge >= 0.3 is 5.97 Å². The Morgan fingerprint density at radius 1 is 0.960 bits per heavy atom. The van der Waals surface area contributed by atoms with E-state index in [1.165, 1.54) is 0 Å². The lowest BCUT2D eigenvalue weighted by atomic mass is 10.0. The molecule has 0 radical (unpaired) electrons. The lowest BCUT2D eigenvalue weighted by molar-refractivity contribution is -0.144. The maximum absolute atomic E-state index is 12.7. The monoisotopic (exact) mass is 357 g/mol. The van der Waals surface area contributed by atoms with Crippen molar-refractivity contribution in [2.75, 3.05) is 12.5 Å². The molecule has 0 saturated heterocycles. The molecule has 2 amide bonds. The van der Waals surface area contributed by atoms with Gasteiger partial charge in [-0.3, -0.25) is 19.3 Å². The summed E-state index contributed by atoms with van der Waals surface area (Å²) in [5.41, 5.74) is 1.39. The lowest BCUT2D eigenvalue weighted by Gasteiger charge is -2.26. The summed E-state index contributed by atoms with van der Waals surface area (Å²) in [6.07, 6.45) is -0.119. The molecule has 1 aliphatic heterocycles. The number of fused-ring (bicyclic) bond motifs is 1. The van der Waals surface area contributed by atoms with Gasteiger partial charge in [0.2, 0.25) is 0 Å². The Morgan fingerprint density at radius 3 is 2.08 bits per heavy atom. The first-order valence-electron chi connectivity index (χ1n) is 7.87. The minimum absolute atomic E-state index is 0.0873. The molecule has 0 spiro atoms. The van der Waals surface area contributed by atoms with Crippen LogP contribution >= 0.6 is 11.6 Å². The van der Waals surface area contributed by atoms with Crippen molar-refractivity contribution >= 4 is 29.4 Å². The second-order valence-electron chi connectivity index (χ2n) is 5.57. The highest BCUT2D eigenvalue weighted by Gasteiger charge is 2.41. The summed E-state index contributed by atoms with van der Waals surface area (Å²) in [6, 6.07) is 14.9. The molecular formula is C19H16ClNO4. The first-order valence-corrected chi connectivity index (χ1v) is 8.40. The van der Waals surface area contributed by atoms with Crippen LogP contribution in [0, 0.1) is 0 Å². The second kappa shape index (κ2) is 7.49. The van der Waals surface area contributed by atoms with Crippen LogP contribution in [-0.2, 0) is 9.53 Å². The molecule has 0 unspecified atom stereocenters. The van der Waals surface area contributed by atoms with E-state index in [4.69, 9.17) is 16.3 Å². The topological polar surface area (TPSA) is 63.7 Å². The highest BCUT2D eigenvalue weighted by Crippen LogP contribution is 2.33. The third-order valence-corrected chi connectivity index (χ3v) is 4.18. The molecule has 1 heterocycles. The van der Waals surface area contributed by atoms with E-state index in [1.807, 2.05) is 6.07 Å². The standard InChI is InChI=1S/C19H16ClNO4/c20-10-11-25-17(22)12-16(13-6-2-1-3-7-13)21-18(23)14-8-4-5-9-15(14)19(21)24/h1-9,16H,10-12H2/t16-/m0/s1. The molecule has 1 atom stereocenters. The third-order valence-electron chi connectivity index (χ3n) is 4.02. The summed E-state index contributed by atoms with van der Waals surface area (Å²) in [6.45, 7) is 0.0873. The smallest absolute Gasteiger partial charge is 0.308 e. The Bertz CT molecular complexity index is 771. The molecule has 128 valence electrons. The molecule has 0 N–H and O–H groups in total. The first-order chi connectivity index (χ1) is 12.1. The second-order valence-corrected chi connectivity index (χ2v) is 5.94. The van der Waals surface area contributed by atoms with Gasteiger partial charge < -0.3 is 4.74 Å². The van der Waals surface area contributed by atoms with Gasteiger partial charge in [-0.2, -0.15) is 0 Å². The van der Waals surface area contributed by atoms with Gasteiger partial charge in [0.15, 0.2) is 0 Å². The number of ether oxygens (including phenoxy) is 1. The Morgan fingerprint density at radius 2 is 1.52 bits per heavy atom. The molecule has 6 heteroatoms. The van der Waals surface area contributed by atoms with Crippen LogP contribution in [0.3, 0.4) is 0 Å². The van der Waals surface area contributed by atoms with Gasteiger partial charge in [0.25, 0.3) is 11.8 Å². The van der Waals surface area contributed by atoms with Crippen LogP contribution < -0.4 is 0 Å². The Kier molecular flexibility index (Phi) is 5.14. The SMILES string of the molecule is O=C(C[C@@H](c1ccccc1)N1C(=O)c2ccccc2C1=O)OCCCl. The number of halogens is 1. The van der Waals surface area contributed by atoms with Crippen molar-refractivity contribution in [3.63, 3.8) is 0 Å². The highest BCUT2D eigenvalue weighted by molar-refractivity contribution is 6.21. The van der Waals surface area contributed by atoms with E-state index >= 15 is 0 Å². The summed E-state index contributed by atoms with van der Waals surface area (Å²) in [7, 11) is 0. The predicted molar refractivity (Wildman–Crippen MR) is 92.4 cm³/mol. The van der Waals surface area contributed by atoms with Gasteiger partial charge in [0, 0.05) is 0 Å². The van der Waals surface area contributed by atoms with E-state index in [0.717, 1.165) is 4.90 Å². The van der Waals surface area contributed by atoms with E-state index in [-0.39, 0.29) is 18.9 Å². The number of carbonyl (C=O) groups excluding carboxylic acids is 3. The zero-order valence-corrected chi connectivity index (χ0v) is 14.1. The fourth-order valence-electron chi connectivity index (χ4n) is 2.89. The number of rotatable bonds is 6. The number of hydrogen-bond acceptors (Lipinski definition) is 4. The van der Waals surface area contributed by atoms with E-state index in [9.17, 15) is 14.4 Å². The van der Waals surface area contributed by atoms with E-state index in [2.05, 4.69) is 0 Å². The van der Waals surface area contributed by atoms with Crippen molar-refractivity contribution in [1.29, 1.82) is 0 Å². The van der Waals surface area contributed by atoms with Crippen molar-refractivity contribution in [3.05, 3.63) is 71.3 Å². The Hall–Kier alpha value is -2.66. The number of amides is 2. The average Bonchev–Trinajstić information content (AvgIpc) is 2.90. The summed E-state index contributed by atoms with van der Waals surface area (Å²) in [5.74, 6) is -1.13. The van der Waals surface area contributed by atoms with Crippen molar-refractivity contribution in [1.82, 2.24) is 4.90 Å². The zero-order chi connectivity index (χ0) is 17.8. The highest BCUT2D eigenvalue weighted by atomic mass is 35.5. The number of imide groups is 1. The van der Waals surface area contributed by atoms with Crippen LogP contribution in [0.2, 0.25) is 0 Å². The van der Waals surface area contributed by atoms with Gasteiger partial charge in [0.1, 0.15) is 6.61 Å². The predicted octanol–water partition coefficient (Wildman–Crippen LogP) is 3.20. The zero-order valence-electron chi connectivity index (χ0n) is 13.4. The molecule has 0 aromatic heterocycles. The summed E-state index contributed by atoms with van der Waals surface area (Å²) >= 11 is 5.54. The maximum atomic E-state index is 12.7. The fraction of sp³-hybridized carbons (Fsp3) is 0.211.